The van der Waals surface area contributed by atoms with Gasteiger partial charge in [0.1, 0.15) is 17.1 Å². The first-order valence-corrected chi connectivity index (χ1v) is 9.89. The number of benzene rings is 2. The number of ether oxygens (including phenoxy) is 3. The summed E-state index contributed by atoms with van der Waals surface area (Å²) in [5.41, 5.74) is 0.409. The van der Waals surface area contributed by atoms with Crippen molar-refractivity contribution >= 4 is 23.3 Å². The Morgan fingerprint density at radius 1 is 1.06 bits per heavy atom. The third-order valence-electron chi connectivity index (χ3n) is 4.98. The molecule has 0 radical (unpaired) electrons. The van der Waals surface area contributed by atoms with E-state index in [2.05, 4.69) is 5.32 Å². The molecule has 3 aromatic rings. The summed E-state index contributed by atoms with van der Waals surface area (Å²) in [6, 6.07) is 8.52. The highest BCUT2D eigenvalue weighted by Crippen LogP contribution is 2.38. The Hall–Kier alpha value is -4.54. The molecule has 1 aromatic heterocycles. The summed E-state index contributed by atoms with van der Waals surface area (Å²) in [5.74, 6) is -0.307. The number of methoxy groups -OCH3 is 3. The molecule has 34 heavy (non-hydrogen) atoms. The molecule has 11 nitrogen and oxygen atoms in total. The average molecular weight is 470 g/mol. The molecule has 0 unspecified atom stereocenters. The largest absolute Gasteiger partial charge is 0.493 e. The molecule has 0 aliphatic heterocycles. The van der Waals surface area contributed by atoms with Crippen molar-refractivity contribution in [3.05, 3.63) is 63.4 Å². The number of nitro groups is 1. The number of carboxylic acids is 1. The van der Waals surface area contributed by atoms with Gasteiger partial charge in [0.2, 0.25) is 11.7 Å². The summed E-state index contributed by atoms with van der Waals surface area (Å²) >= 11 is 0. The first-order chi connectivity index (χ1) is 16.2. The van der Waals surface area contributed by atoms with Crippen LogP contribution in [0.4, 0.5) is 11.4 Å². The van der Waals surface area contributed by atoms with E-state index in [0.29, 0.717) is 22.8 Å². The summed E-state index contributed by atoms with van der Waals surface area (Å²) in [7, 11) is 4.39. The molecule has 1 heterocycles. The smallest absolute Gasteiger partial charge is 0.339 e. The number of carbonyl (C=O) groups is 2. The highest BCUT2D eigenvalue weighted by molar-refractivity contribution is 5.94. The number of aromatic carboxylic acids is 1. The van der Waals surface area contributed by atoms with Crippen molar-refractivity contribution in [2.45, 2.75) is 13.3 Å². The maximum atomic E-state index is 12.6. The van der Waals surface area contributed by atoms with Crippen LogP contribution in [0.2, 0.25) is 0 Å². The van der Waals surface area contributed by atoms with Crippen LogP contribution < -0.4 is 19.5 Å². The van der Waals surface area contributed by atoms with E-state index in [0.717, 1.165) is 0 Å². The second kappa shape index (κ2) is 9.94. The van der Waals surface area contributed by atoms with Gasteiger partial charge >= 0.3 is 5.97 Å². The molecule has 0 aliphatic carbocycles. The average Bonchev–Trinajstić information content (AvgIpc) is 3.19. The highest BCUT2D eigenvalue weighted by Gasteiger charge is 2.23. The predicted molar refractivity (Wildman–Crippen MR) is 121 cm³/mol. The molecule has 0 atom stereocenters. The zero-order valence-electron chi connectivity index (χ0n) is 18.8. The topological polar surface area (TPSA) is 150 Å². The number of rotatable bonds is 9. The van der Waals surface area contributed by atoms with E-state index < -0.39 is 16.8 Å². The number of amides is 1. The fourth-order valence-corrected chi connectivity index (χ4v) is 3.42. The number of nitrogens with one attached hydrogen (secondary N) is 1. The summed E-state index contributed by atoms with van der Waals surface area (Å²) in [6.07, 6.45) is -0.0639. The normalized spacial score (nSPS) is 10.5. The van der Waals surface area contributed by atoms with E-state index in [9.17, 15) is 24.8 Å². The summed E-state index contributed by atoms with van der Waals surface area (Å²) in [5, 5.41) is 23.5. The molecule has 2 aromatic carbocycles. The van der Waals surface area contributed by atoms with Gasteiger partial charge in [-0.25, -0.2) is 4.79 Å². The van der Waals surface area contributed by atoms with E-state index in [4.69, 9.17) is 18.6 Å². The molecule has 3 rings (SSSR count). The quantitative estimate of drug-likeness (QED) is 0.348. The van der Waals surface area contributed by atoms with Crippen molar-refractivity contribution < 1.29 is 38.2 Å². The van der Waals surface area contributed by atoms with Gasteiger partial charge in [-0.1, -0.05) is 0 Å². The standard InChI is InChI=1S/C23H22N2O9/c1-12-16(23(27)28)11-18(34-12)15-6-5-14(10-17(15)25(29)30)24-21(26)9-13-7-19(31-2)22(33-4)20(8-13)32-3/h5-8,10-11H,9H2,1-4H3,(H,24,26)(H,27,28). The maximum Gasteiger partial charge on any atom is 0.339 e. The van der Waals surface area contributed by atoms with E-state index in [1.165, 1.54) is 52.5 Å². The summed E-state index contributed by atoms with van der Waals surface area (Å²) in [6.45, 7) is 1.45. The minimum Gasteiger partial charge on any atom is -0.493 e. The van der Waals surface area contributed by atoms with Gasteiger partial charge < -0.3 is 29.1 Å². The van der Waals surface area contributed by atoms with Crippen LogP contribution in [0, 0.1) is 17.0 Å². The lowest BCUT2D eigenvalue weighted by molar-refractivity contribution is -0.384. The van der Waals surface area contributed by atoms with Crippen LogP contribution in [-0.2, 0) is 11.2 Å². The van der Waals surface area contributed by atoms with Gasteiger partial charge in [0.05, 0.1) is 38.2 Å². The Balaban J connectivity index is 1.86. The molecule has 0 saturated carbocycles. The minimum absolute atomic E-state index is 0.0388. The molecule has 11 heteroatoms. The van der Waals surface area contributed by atoms with Crippen LogP contribution in [0.25, 0.3) is 11.3 Å². The zero-order valence-corrected chi connectivity index (χ0v) is 18.8. The first-order valence-electron chi connectivity index (χ1n) is 9.89. The summed E-state index contributed by atoms with van der Waals surface area (Å²) < 4.78 is 21.2. The number of nitrogens with zero attached hydrogens (tertiary/aromatic N) is 1. The monoisotopic (exact) mass is 470 g/mol. The number of carbonyl (C=O) groups excluding carboxylic acids is 1. The molecule has 2 N–H and O–H groups in total. The van der Waals surface area contributed by atoms with Crippen LogP contribution >= 0.6 is 0 Å². The van der Waals surface area contributed by atoms with Crippen molar-refractivity contribution in [3.8, 4) is 28.6 Å². The van der Waals surface area contributed by atoms with Crippen molar-refractivity contribution in [1.29, 1.82) is 0 Å². The molecule has 0 spiro atoms. The Labute approximate surface area is 194 Å². The molecule has 1 amide bonds. The van der Waals surface area contributed by atoms with E-state index >= 15 is 0 Å². The Morgan fingerprint density at radius 2 is 1.71 bits per heavy atom. The van der Waals surface area contributed by atoms with Crippen molar-refractivity contribution in [1.82, 2.24) is 0 Å². The van der Waals surface area contributed by atoms with Crippen LogP contribution in [0.1, 0.15) is 21.7 Å². The Morgan fingerprint density at radius 3 is 2.21 bits per heavy atom. The molecule has 0 aliphatic rings. The second-order valence-corrected chi connectivity index (χ2v) is 7.13. The number of hydrogen-bond acceptors (Lipinski definition) is 8. The second-order valence-electron chi connectivity index (χ2n) is 7.13. The van der Waals surface area contributed by atoms with Crippen molar-refractivity contribution in [2.24, 2.45) is 0 Å². The molecule has 0 saturated heterocycles. The van der Waals surface area contributed by atoms with Gasteiger partial charge in [-0.2, -0.15) is 0 Å². The van der Waals surface area contributed by atoms with E-state index in [1.54, 1.807) is 12.1 Å². The van der Waals surface area contributed by atoms with Crippen LogP contribution in [0.5, 0.6) is 17.2 Å². The Bertz CT molecular complexity index is 1240. The fraction of sp³-hybridized carbons (Fsp3) is 0.217. The highest BCUT2D eigenvalue weighted by atomic mass is 16.6. The van der Waals surface area contributed by atoms with Crippen LogP contribution in [-0.4, -0.2) is 43.2 Å². The number of aryl methyl sites for hydroxylation is 1. The van der Waals surface area contributed by atoms with Gasteiger partial charge in [0, 0.05) is 11.8 Å². The predicted octanol–water partition coefficient (Wildman–Crippen LogP) is 4.07. The molecule has 178 valence electrons. The van der Waals surface area contributed by atoms with E-state index in [1.807, 2.05) is 0 Å². The maximum absolute atomic E-state index is 12.6. The zero-order chi connectivity index (χ0) is 25.0. The first kappa shape index (κ1) is 24.1. The number of carboxylic acid groups (broad SMARTS) is 1. The van der Waals surface area contributed by atoms with Gasteiger partial charge in [0.15, 0.2) is 11.5 Å². The number of furan rings is 1. The molecule has 0 fully saturated rings. The van der Waals surface area contributed by atoms with Crippen molar-refractivity contribution in [3.63, 3.8) is 0 Å². The van der Waals surface area contributed by atoms with E-state index in [-0.39, 0.29) is 40.4 Å². The third kappa shape index (κ3) is 4.93. The molecular formula is C23H22N2O9. The molecule has 0 bridgehead atoms. The van der Waals surface area contributed by atoms with Crippen LogP contribution in [0.15, 0.2) is 40.8 Å². The van der Waals surface area contributed by atoms with Crippen molar-refractivity contribution in [2.75, 3.05) is 26.6 Å². The Kier molecular flexibility index (Phi) is 7.05. The van der Waals surface area contributed by atoms with Gasteiger partial charge in [-0.3, -0.25) is 14.9 Å². The number of nitro benzene ring substituents is 1. The SMILES string of the molecule is COc1cc(CC(=O)Nc2ccc(-c3cc(C(=O)O)c(C)o3)c([N+](=O)[O-])c2)cc(OC)c1OC. The number of hydrogen-bond donors (Lipinski definition) is 2. The lowest BCUT2D eigenvalue weighted by atomic mass is 10.1. The van der Waals surface area contributed by atoms with Gasteiger partial charge in [-0.15, -0.1) is 0 Å². The lowest BCUT2D eigenvalue weighted by Crippen LogP contribution is -2.15. The minimum atomic E-state index is -1.20. The lowest BCUT2D eigenvalue weighted by Gasteiger charge is -2.14. The van der Waals surface area contributed by atoms with Crippen LogP contribution in [0.3, 0.4) is 0 Å². The van der Waals surface area contributed by atoms with Gasteiger partial charge in [-0.05, 0) is 42.8 Å². The van der Waals surface area contributed by atoms with Gasteiger partial charge in [0.25, 0.3) is 5.69 Å². The summed E-state index contributed by atoms with van der Waals surface area (Å²) in [4.78, 5) is 34.9. The third-order valence-corrected chi connectivity index (χ3v) is 4.98. The molecular weight excluding hydrogens is 448 g/mol. The fourth-order valence-electron chi connectivity index (χ4n) is 3.42. The number of anilines is 1.